The molecule has 0 amide bonds. The van der Waals surface area contributed by atoms with Crippen LogP contribution in [0.1, 0.15) is 33.6 Å². The zero-order valence-corrected chi connectivity index (χ0v) is 11.2. The molecular formula is C10H22GaN. The Morgan fingerprint density at radius 1 is 1.00 bits per heavy atom. The summed E-state index contributed by atoms with van der Waals surface area (Å²) in [6.07, 6.45) is 2.89. The third-order valence-corrected chi connectivity index (χ3v) is 12.8. The van der Waals surface area contributed by atoms with Gasteiger partial charge in [-0.15, -0.1) is 0 Å². The van der Waals surface area contributed by atoms with Crippen molar-refractivity contribution in [3.8, 4) is 0 Å². The van der Waals surface area contributed by atoms with Gasteiger partial charge < -0.3 is 0 Å². The van der Waals surface area contributed by atoms with E-state index >= 15 is 0 Å². The van der Waals surface area contributed by atoms with Crippen molar-refractivity contribution >= 4 is 16.2 Å². The van der Waals surface area contributed by atoms with Crippen LogP contribution in [0.3, 0.4) is 0 Å². The van der Waals surface area contributed by atoms with Crippen LogP contribution in [0.15, 0.2) is 0 Å². The number of hydrogen-bond acceptors (Lipinski definition) is 1. The quantitative estimate of drug-likeness (QED) is 0.626. The Labute approximate surface area is 82.3 Å². The first-order valence-corrected chi connectivity index (χ1v) is 9.95. The van der Waals surface area contributed by atoms with Crippen molar-refractivity contribution in [2.24, 2.45) is 0 Å². The molecular weight excluding hydrogens is 204 g/mol. The van der Waals surface area contributed by atoms with E-state index in [1.165, 1.54) is 25.9 Å². The molecule has 0 radical (unpaired) electrons. The van der Waals surface area contributed by atoms with Crippen LogP contribution < -0.4 is 5.32 Å². The van der Waals surface area contributed by atoms with E-state index in [1.54, 1.807) is 9.95 Å². The van der Waals surface area contributed by atoms with Crippen LogP contribution in [0.25, 0.3) is 0 Å². The molecule has 12 heavy (non-hydrogen) atoms. The zero-order chi connectivity index (χ0) is 9.03. The van der Waals surface area contributed by atoms with E-state index < -0.39 is 16.2 Å². The number of hydrogen-bond donors (Lipinski definition) is 1. The Kier molecular flexibility index (Phi) is 4.21. The second-order valence-electron chi connectivity index (χ2n) is 5.10. The van der Waals surface area contributed by atoms with Crippen molar-refractivity contribution in [2.75, 3.05) is 13.1 Å². The molecule has 2 heteroatoms. The molecule has 1 rings (SSSR count). The van der Waals surface area contributed by atoms with Gasteiger partial charge in [0.05, 0.1) is 0 Å². The van der Waals surface area contributed by atoms with Gasteiger partial charge in [0.25, 0.3) is 0 Å². The summed E-state index contributed by atoms with van der Waals surface area (Å²) in [4.78, 5) is 3.20. The fraction of sp³-hybridized carbons (Fsp3) is 1.00. The van der Waals surface area contributed by atoms with Crippen LogP contribution in [-0.4, -0.2) is 29.3 Å². The second kappa shape index (κ2) is 4.73. The van der Waals surface area contributed by atoms with Crippen LogP contribution in [0.5, 0.6) is 0 Å². The van der Waals surface area contributed by atoms with Gasteiger partial charge in [0.15, 0.2) is 0 Å². The normalized spacial score (nSPS) is 21.8. The van der Waals surface area contributed by atoms with E-state index in [2.05, 4.69) is 26.1 Å². The van der Waals surface area contributed by atoms with Crippen molar-refractivity contribution in [2.45, 2.75) is 47.5 Å². The topological polar surface area (TPSA) is 12.0 Å². The maximum absolute atomic E-state index is 3.49. The third kappa shape index (κ3) is 3.54. The van der Waals surface area contributed by atoms with E-state index in [0.717, 1.165) is 0 Å². The van der Waals surface area contributed by atoms with Gasteiger partial charge in [-0.1, -0.05) is 0 Å². The first kappa shape index (κ1) is 10.7. The van der Waals surface area contributed by atoms with Crippen LogP contribution in [-0.2, 0) is 0 Å². The molecule has 0 unspecified atom stereocenters. The second-order valence-corrected chi connectivity index (χ2v) is 14.1. The summed E-state index contributed by atoms with van der Waals surface area (Å²) in [6.45, 7) is 9.95. The molecule has 1 nitrogen and oxygen atoms in total. The molecule has 0 saturated carbocycles. The van der Waals surface area contributed by atoms with Gasteiger partial charge in [-0.3, -0.25) is 0 Å². The van der Waals surface area contributed by atoms with Gasteiger partial charge in [-0.25, -0.2) is 0 Å². The van der Waals surface area contributed by atoms with Crippen LogP contribution in [0, 0.1) is 0 Å². The summed E-state index contributed by atoms with van der Waals surface area (Å²) >= 11 is -0.909. The van der Waals surface area contributed by atoms with Gasteiger partial charge in [-0.2, -0.15) is 0 Å². The fourth-order valence-electron chi connectivity index (χ4n) is 2.08. The average Bonchev–Trinajstić information content (AvgIpc) is 1.81. The van der Waals surface area contributed by atoms with Gasteiger partial charge in [0.1, 0.15) is 0 Å². The first-order valence-electron chi connectivity index (χ1n) is 5.31. The Hall–Kier alpha value is 0.596. The predicted octanol–water partition coefficient (Wildman–Crippen LogP) is 2.66. The average molecular weight is 226 g/mol. The molecule has 1 aliphatic heterocycles. The predicted molar refractivity (Wildman–Crippen MR) is 57.2 cm³/mol. The van der Waals surface area contributed by atoms with Crippen molar-refractivity contribution in [3.63, 3.8) is 0 Å². The van der Waals surface area contributed by atoms with Crippen molar-refractivity contribution in [1.82, 2.24) is 5.32 Å². The van der Waals surface area contributed by atoms with Crippen molar-refractivity contribution in [1.29, 1.82) is 0 Å². The first-order chi connectivity index (χ1) is 5.61. The van der Waals surface area contributed by atoms with E-state index in [0.29, 0.717) is 3.97 Å². The van der Waals surface area contributed by atoms with Gasteiger partial charge in [0, 0.05) is 0 Å². The van der Waals surface area contributed by atoms with E-state index in [-0.39, 0.29) is 0 Å². The molecule has 0 spiro atoms. The molecule has 1 heterocycles. The maximum atomic E-state index is 3.49. The molecule has 0 aromatic carbocycles. The van der Waals surface area contributed by atoms with Crippen LogP contribution in [0.4, 0.5) is 0 Å². The standard InChI is InChI=1S/C6H13N.C4H9.Ga/c1-3-5-7-6-4-2;1-4(2)3;/h7H,1-6H2;1-3H3;. The Morgan fingerprint density at radius 3 is 1.92 bits per heavy atom. The summed E-state index contributed by atoms with van der Waals surface area (Å²) in [5, 5.41) is 3.49. The molecule has 0 aromatic heterocycles. The van der Waals surface area contributed by atoms with Crippen molar-refractivity contribution < 1.29 is 0 Å². The Morgan fingerprint density at radius 2 is 1.50 bits per heavy atom. The Bertz CT molecular complexity index is 120. The Balaban J connectivity index is 2.40. The third-order valence-electron chi connectivity index (χ3n) is 3.04. The van der Waals surface area contributed by atoms with Gasteiger partial charge in [0.2, 0.25) is 0 Å². The summed E-state index contributed by atoms with van der Waals surface area (Å²) in [6, 6.07) is 0. The molecule has 0 atom stereocenters. The fourth-order valence-corrected chi connectivity index (χ4v) is 9.25. The van der Waals surface area contributed by atoms with Gasteiger partial charge in [-0.05, 0) is 0 Å². The summed E-state index contributed by atoms with van der Waals surface area (Å²) in [5.41, 5.74) is 0. The molecule has 1 fully saturated rings. The minimum atomic E-state index is -0.909. The van der Waals surface area contributed by atoms with E-state index in [1.807, 2.05) is 0 Å². The molecule has 1 saturated heterocycles. The summed E-state index contributed by atoms with van der Waals surface area (Å²) in [5.74, 6) is 0. The molecule has 1 N–H and O–H groups in total. The monoisotopic (exact) mass is 225 g/mol. The summed E-state index contributed by atoms with van der Waals surface area (Å²) < 4.78 is 0.713. The molecule has 0 aliphatic carbocycles. The molecule has 70 valence electrons. The molecule has 0 aromatic rings. The number of nitrogens with one attached hydrogen (secondary N) is 1. The zero-order valence-electron chi connectivity index (χ0n) is 8.82. The van der Waals surface area contributed by atoms with Crippen LogP contribution in [0.2, 0.25) is 13.9 Å². The molecule has 1 aliphatic rings. The SMILES string of the molecule is C[C](C)(C)[Ga]1[CH2]CCNCC[CH2]1. The van der Waals surface area contributed by atoms with Gasteiger partial charge >= 0.3 is 82.2 Å². The van der Waals surface area contributed by atoms with Crippen LogP contribution >= 0.6 is 0 Å². The molecule has 0 bridgehead atoms. The number of rotatable bonds is 0. The van der Waals surface area contributed by atoms with Crippen molar-refractivity contribution in [3.05, 3.63) is 0 Å². The minimum absolute atomic E-state index is 0.713. The van der Waals surface area contributed by atoms with E-state index in [4.69, 9.17) is 0 Å². The summed E-state index contributed by atoms with van der Waals surface area (Å²) in [7, 11) is 0. The van der Waals surface area contributed by atoms with E-state index in [9.17, 15) is 0 Å².